The van der Waals surface area contributed by atoms with Gasteiger partial charge in [0.2, 0.25) is 0 Å². The van der Waals surface area contributed by atoms with E-state index in [0.717, 1.165) is 22.0 Å². The molecule has 1 heterocycles. The molecule has 1 aromatic heterocycles. The minimum absolute atomic E-state index is 0.0682. The number of aromatic nitrogens is 2. The lowest BCUT2D eigenvalue weighted by atomic mass is 10.1. The van der Waals surface area contributed by atoms with E-state index in [0.29, 0.717) is 16.7 Å². The maximum Gasteiger partial charge on any atom is 0.266 e. The molecule has 0 radical (unpaired) electrons. The van der Waals surface area contributed by atoms with E-state index in [1.807, 2.05) is 78.9 Å². The van der Waals surface area contributed by atoms with Crippen molar-refractivity contribution in [2.24, 2.45) is 0 Å². The molecule has 0 N–H and O–H groups in total. The van der Waals surface area contributed by atoms with Gasteiger partial charge in [0.25, 0.3) is 5.56 Å². The number of rotatable bonds is 3. The lowest BCUT2D eigenvalue weighted by Crippen LogP contribution is -2.22. The van der Waals surface area contributed by atoms with Gasteiger partial charge in [-0.25, -0.2) is 4.98 Å². The Labute approximate surface area is 174 Å². The largest absolute Gasteiger partial charge is 0.268 e. The van der Waals surface area contributed by atoms with Crippen molar-refractivity contribution < 1.29 is 0 Å². The normalized spacial score (nSPS) is 11.5. The topological polar surface area (TPSA) is 34.9 Å². The van der Waals surface area contributed by atoms with Crippen LogP contribution in [0.1, 0.15) is 17.0 Å². The van der Waals surface area contributed by atoms with E-state index in [9.17, 15) is 4.79 Å². The molecule has 5 rings (SSSR count). The van der Waals surface area contributed by atoms with Crippen LogP contribution in [0.4, 0.5) is 0 Å². The van der Waals surface area contributed by atoms with Crippen LogP contribution in [0.5, 0.6) is 0 Å². The van der Waals surface area contributed by atoms with Gasteiger partial charge in [-0.15, -0.1) is 0 Å². The van der Waals surface area contributed by atoms with Gasteiger partial charge in [-0.3, -0.25) is 9.36 Å². The summed E-state index contributed by atoms with van der Waals surface area (Å²) in [5.41, 5.74) is 3.74. The summed E-state index contributed by atoms with van der Waals surface area (Å²) >= 11 is 0. The first-order valence-electron chi connectivity index (χ1n) is 9.96. The minimum atomic E-state index is -0.0682. The Kier molecular flexibility index (Phi) is 4.49. The fraction of sp³-hybridized carbons (Fsp3) is 0.0370. The highest BCUT2D eigenvalue weighted by Crippen LogP contribution is 2.24. The Morgan fingerprint density at radius 2 is 1.43 bits per heavy atom. The Hall–Kier alpha value is -3.98. The van der Waals surface area contributed by atoms with Gasteiger partial charge in [0.15, 0.2) is 0 Å². The van der Waals surface area contributed by atoms with Crippen molar-refractivity contribution in [1.82, 2.24) is 9.55 Å². The Morgan fingerprint density at radius 3 is 2.30 bits per heavy atom. The van der Waals surface area contributed by atoms with Crippen LogP contribution in [0.2, 0.25) is 0 Å². The second kappa shape index (κ2) is 7.45. The number of benzene rings is 4. The van der Waals surface area contributed by atoms with Crippen LogP contribution < -0.4 is 5.56 Å². The van der Waals surface area contributed by atoms with E-state index in [1.165, 1.54) is 5.56 Å². The Balaban J connectivity index is 1.82. The Morgan fingerprint density at radius 1 is 0.733 bits per heavy atom. The smallest absolute Gasteiger partial charge is 0.266 e. The maximum absolute atomic E-state index is 13.6. The summed E-state index contributed by atoms with van der Waals surface area (Å²) in [4.78, 5) is 18.4. The highest BCUT2D eigenvalue weighted by Gasteiger charge is 2.13. The van der Waals surface area contributed by atoms with E-state index in [4.69, 9.17) is 4.98 Å². The quantitative estimate of drug-likeness (QED) is 0.379. The van der Waals surface area contributed by atoms with Gasteiger partial charge in [0, 0.05) is 5.39 Å². The van der Waals surface area contributed by atoms with Crippen LogP contribution >= 0.6 is 0 Å². The highest BCUT2D eigenvalue weighted by molar-refractivity contribution is 5.91. The van der Waals surface area contributed by atoms with Crippen molar-refractivity contribution in [2.45, 2.75) is 6.92 Å². The van der Waals surface area contributed by atoms with E-state index in [1.54, 1.807) is 4.57 Å². The third-order valence-electron chi connectivity index (χ3n) is 5.41. The number of para-hydroxylation sites is 1. The molecule has 3 heteroatoms. The molecular weight excluding hydrogens is 368 g/mol. The van der Waals surface area contributed by atoms with Crippen molar-refractivity contribution in [3.05, 3.63) is 118 Å². The zero-order valence-electron chi connectivity index (χ0n) is 16.6. The molecule has 0 atom stereocenters. The zero-order valence-corrected chi connectivity index (χ0v) is 16.6. The van der Waals surface area contributed by atoms with Crippen molar-refractivity contribution in [3.8, 4) is 5.69 Å². The van der Waals surface area contributed by atoms with Crippen LogP contribution in [0.15, 0.2) is 95.8 Å². The minimum Gasteiger partial charge on any atom is -0.268 e. The van der Waals surface area contributed by atoms with Crippen molar-refractivity contribution >= 4 is 33.8 Å². The van der Waals surface area contributed by atoms with Crippen LogP contribution in [0, 0.1) is 6.92 Å². The molecule has 0 unspecified atom stereocenters. The molecule has 144 valence electrons. The number of hydrogen-bond donors (Lipinski definition) is 0. The predicted molar refractivity (Wildman–Crippen MR) is 125 cm³/mol. The summed E-state index contributed by atoms with van der Waals surface area (Å²) in [6.45, 7) is 2.07. The second-order valence-electron chi connectivity index (χ2n) is 7.32. The molecule has 0 bridgehead atoms. The average molecular weight is 388 g/mol. The molecule has 30 heavy (non-hydrogen) atoms. The van der Waals surface area contributed by atoms with Crippen LogP contribution in [0.3, 0.4) is 0 Å². The van der Waals surface area contributed by atoms with Gasteiger partial charge < -0.3 is 0 Å². The summed E-state index contributed by atoms with van der Waals surface area (Å²) < 4.78 is 1.72. The lowest BCUT2D eigenvalue weighted by molar-refractivity contribution is 0.952. The molecule has 0 saturated carbocycles. The van der Waals surface area contributed by atoms with Crippen LogP contribution in [-0.4, -0.2) is 9.55 Å². The fourth-order valence-corrected chi connectivity index (χ4v) is 3.84. The van der Waals surface area contributed by atoms with Gasteiger partial charge in [-0.1, -0.05) is 78.9 Å². The molecule has 0 aliphatic heterocycles. The van der Waals surface area contributed by atoms with Crippen molar-refractivity contribution in [1.29, 1.82) is 0 Å². The molecule has 3 nitrogen and oxygen atoms in total. The summed E-state index contributed by atoms with van der Waals surface area (Å²) in [5, 5.41) is 2.71. The van der Waals surface area contributed by atoms with E-state index >= 15 is 0 Å². The van der Waals surface area contributed by atoms with Gasteiger partial charge in [0.05, 0.1) is 16.6 Å². The molecule has 0 saturated heterocycles. The van der Waals surface area contributed by atoms with Crippen LogP contribution in [-0.2, 0) is 0 Å². The number of hydrogen-bond acceptors (Lipinski definition) is 2. The summed E-state index contributed by atoms with van der Waals surface area (Å²) in [6, 6.07) is 29.8. The number of nitrogens with zero attached hydrogens (tertiary/aromatic N) is 2. The van der Waals surface area contributed by atoms with Crippen molar-refractivity contribution in [2.75, 3.05) is 0 Å². The SMILES string of the molecule is Cc1ccccc1/C=C/c1nc2ccccc2c(=O)n1-c1cccc2ccccc12. The standard InChI is InChI=1S/C27H20N2O/c1-19-9-2-3-10-20(19)17-18-26-28-24-15-7-6-14-23(24)27(30)29(26)25-16-8-12-21-11-4-5-13-22(21)25/h2-18H,1H3/b18-17+. The molecule has 0 amide bonds. The second-order valence-corrected chi connectivity index (χ2v) is 7.32. The average Bonchev–Trinajstić information content (AvgIpc) is 2.78. The lowest BCUT2D eigenvalue weighted by Gasteiger charge is -2.14. The molecule has 4 aromatic carbocycles. The van der Waals surface area contributed by atoms with Gasteiger partial charge >= 0.3 is 0 Å². The zero-order chi connectivity index (χ0) is 20.5. The van der Waals surface area contributed by atoms with E-state index < -0.39 is 0 Å². The molecular formula is C27H20N2O. The molecule has 0 fully saturated rings. The van der Waals surface area contributed by atoms with Crippen molar-refractivity contribution in [3.63, 3.8) is 0 Å². The number of fused-ring (bicyclic) bond motifs is 2. The summed E-state index contributed by atoms with van der Waals surface area (Å²) in [7, 11) is 0. The molecule has 0 aliphatic carbocycles. The first kappa shape index (κ1) is 18.1. The van der Waals surface area contributed by atoms with Gasteiger partial charge in [-0.05, 0) is 47.7 Å². The number of aryl methyl sites for hydroxylation is 1. The molecule has 5 aromatic rings. The third kappa shape index (κ3) is 3.11. The third-order valence-corrected chi connectivity index (χ3v) is 5.41. The first-order chi connectivity index (χ1) is 14.7. The molecule has 0 aliphatic rings. The Bertz CT molecular complexity index is 1470. The first-order valence-corrected chi connectivity index (χ1v) is 9.96. The monoisotopic (exact) mass is 388 g/mol. The van der Waals surface area contributed by atoms with E-state index in [2.05, 4.69) is 31.2 Å². The van der Waals surface area contributed by atoms with Gasteiger partial charge in [0.1, 0.15) is 5.82 Å². The predicted octanol–water partition coefficient (Wildman–Crippen LogP) is 6.02. The van der Waals surface area contributed by atoms with Crippen LogP contribution in [0.25, 0.3) is 39.5 Å². The van der Waals surface area contributed by atoms with Gasteiger partial charge in [-0.2, -0.15) is 0 Å². The summed E-state index contributed by atoms with van der Waals surface area (Å²) in [5.74, 6) is 0.610. The summed E-state index contributed by atoms with van der Waals surface area (Å²) in [6.07, 6.45) is 3.95. The van der Waals surface area contributed by atoms with E-state index in [-0.39, 0.29) is 5.56 Å². The molecule has 0 spiro atoms. The fourth-order valence-electron chi connectivity index (χ4n) is 3.84. The maximum atomic E-state index is 13.6. The highest BCUT2D eigenvalue weighted by atomic mass is 16.1.